The molecule has 1 atom stereocenters. The Labute approximate surface area is 138 Å². The molecule has 1 saturated heterocycles. The molecular weight excluding hydrogens is 314 g/mol. The standard InChI is InChI=1S/C15H21N5O2S/c1-9-8-20-14(16-9)23-15(18-20)19-6-4-10(5-7-19)12(21)13(22)17-11-2-3-11/h8,10-12,21H,2-7H2,1H3,(H,17,22). The predicted octanol–water partition coefficient (Wildman–Crippen LogP) is 0.955. The number of imidazole rings is 1. The van der Waals surface area contributed by atoms with Gasteiger partial charge in [0.2, 0.25) is 16.0 Å². The topological polar surface area (TPSA) is 82.8 Å². The van der Waals surface area contributed by atoms with Crippen LogP contribution in [0.5, 0.6) is 0 Å². The van der Waals surface area contributed by atoms with Crippen molar-refractivity contribution in [1.29, 1.82) is 0 Å². The molecule has 2 N–H and O–H groups in total. The van der Waals surface area contributed by atoms with Gasteiger partial charge in [-0.3, -0.25) is 4.79 Å². The number of carbonyl (C=O) groups is 1. The van der Waals surface area contributed by atoms with E-state index in [0.717, 1.165) is 54.6 Å². The van der Waals surface area contributed by atoms with Crippen LogP contribution in [0.25, 0.3) is 4.96 Å². The Balaban J connectivity index is 1.36. The van der Waals surface area contributed by atoms with Crippen molar-refractivity contribution in [2.75, 3.05) is 18.0 Å². The summed E-state index contributed by atoms with van der Waals surface area (Å²) in [6, 6.07) is 0.298. The summed E-state index contributed by atoms with van der Waals surface area (Å²) in [5.41, 5.74) is 0.971. The first kappa shape index (κ1) is 14.9. The largest absolute Gasteiger partial charge is 0.383 e. The SMILES string of the molecule is Cc1cn2nc(N3CCC(C(O)C(=O)NC4CC4)CC3)sc2n1. The number of rotatable bonds is 4. The lowest BCUT2D eigenvalue weighted by molar-refractivity contribution is -0.132. The third kappa shape index (κ3) is 3.05. The maximum absolute atomic E-state index is 12.0. The van der Waals surface area contributed by atoms with Crippen molar-refractivity contribution in [3.8, 4) is 0 Å². The van der Waals surface area contributed by atoms with Crippen LogP contribution in [0, 0.1) is 12.8 Å². The number of amides is 1. The molecule has 7 nitrogen and oxygen atoms in total. The van der Waals surface area contributed by atoms with E-state index in [1.165, 1.54) is 0 Å². The summed E-state index contributed by atoms with van der Waals surface area (Å²) in [5, 5.41) is 18.6. The number of aliphatic hydroxyl groups is 1. The van der Waals surface area contributed by atoms with Gasteiger partial charge in [-0.15, -0.1) is 5.10 Å². The van der Waals surface area contributed by atoms with Gasteiger partial charge in [0.15, 0.2) is 0 Å². The Hall–Kier alpha value is -1.67. The monoisotopic (exact) mass is 335 g/mol. The third-order valence-corrected chi connectivity index (χ3v) is 5.59. The van der Waals surface area contributed by atoms with E-state index in [1.54, 1.807) is 11.3 Å². The van der Waals surface area contributed by atoms with E-state index in [-0.39, 0.29) is 11.8 Å². The second-order valence-electron chi connectivity index (χ2n) is 6.55. The zero-order valence-electron chi connectivity index (χ0n) is 13.1. The number of hydrogen-bond acceptors (Lipinski definition) is 6. The van der Waals surface area contributed by atoms with E-state index < -0.39 is 6.10 Å². The van der Waals surface area contributed by atoms with Crippen LogP contribution in [0.2, 0.25) is 0 Å². The number of nitrogens with one attached hydrogen (secondary N) is 1. The number of aryl methyl sites for hydroxylation is 1. The third-order valence-electron chi connectivity index (χ3n) is 4.60. The molecule has 0 bridgehead atoms. The highest BCUT2D eigenvalue weighted by atomic mass is 32.1. The molecule has 0 aromatic carbocycles. The highest BCUT2D eigenvalue weighted by Gasteiger charge is 2.33. The quantitative estimate of drug-likeness (QED) is 0.869. The molecule has 23 heavy (non-hydrogen) atoms. The van der Waals surface area contributed by atoms with Crippen molar-refractivity contribution >= 4 is 27.3 Å². The molecule has 0 spiro atoms. The van der Waals surface area contributed by atoms with Crippen LogP contribution in [-0.2, 0) is 4.79 Å². The van der Waals surface area contributed by atoms with Crippen molar-refractivity contribution in [1.82, 2.24) is 19.9 Å². The highest BCUT2D eigenvalue weighted by Crippen LogP contribution is 2.29. The molecule has 3 heterocycles. The fourth-order valence-electron chi connectivity index (χ4n) is 3.06. The van der Waals surface area contributed by atoms with E-state index >= 15 is 0 Å². The molecule has 124 valence electrons. The van der Waals surface area contributed by atoms with Gasteiger partial charge < -0.3 is 15.3 Å². The summed E-state index contributed by atoms with van der Waals surface area (Å²) in [7, 11) is 0. The van der Waals surface area contributed by atoms with Gasteiger partial charge in [0.05, 0.1) is 11.9 Å². The Kier molecular flexibility index (Phi) is 3.73. The summed E-state index contributed by atoms with van der Waals surface area (Å²) in [6.07, 6.45) is 4.74. The summed E-state index contributed by atoms with van der Waals surface area (Å²) < 4.78 is 1.82. The molecule has 0 radical (unpaired) electrons. The lowest BCUT2D eigenvalue weighted by Gasteiger charge is -2.33. The molecule has 2 aromatic heterocycles. The Bertz CT molecular complexity index is 683. The van der Waals surface area contributed by atoms with Crippen LogP contribution < -0.4 is 10.2 Å². The summed E-state index contributed by atoms with van der Waals surface area (Å²) in [6.45, 7) is 3.59. The van der Waals surface area contributed by atoms with Crippen molar-refractivity contribution in [2.24, 2.45) is 5.92 Å². The van der Waals surface area contributed by atoms with E-state index in [9.17, 15) is 9.90 Å². The molecule has 4 rings (SSSR count). The van der Waals surface area contributed by atoms with Gasteiger partial charge in [0, 0.05) is 19.1 Å². The van der Waals surface area contributed by atoms with E-state index in [4.69, 9.17) is 0 Å². The van der Waals surface area contributed by atoms with Crippen molar-refractivity contribution in [3.05, 3.63) is 11.9 Å². The lowest BCUT2D eigenvalue weighted by atomic mass is 9.91. The first-order chi connectivity index (χ1) is 11.1. The zero-order chi connectivity index (χ0) is 16.0. The molecule has 1 unspecified atom stereocenters. The number of aromatic nitrogens is 3. The number of fused-ring (bicyclic) bond motifs is 1. The molecule has 2 aromatic rings. The molecule has 2 fully saturated rings. The molecular formula is C15H21N5O2S. The number of nitrogens with zero attached hydrogens (tertiary/aromatic N) is 4. The molecule has 1 aliphatic heterocycles. The predicted molar refractivity (Wildman–Crippen MR) is 87.7 cm³/mol. The summed E-state index contributed by atoms with van der Waals surface area (Å²) in [4.78, 5) is 19.5. The fourth-order valence-corrected chi connectivity index (χ4v) is 4.04. The molecule has 8 heteroatoms. The van der Waals surface area contributed by atoms with Crippen molar-refractivity contribution < 1.29 is 9.90 Å². The van der Waals surface area contributed by atoms with E-state index in [2.05, 4.69) is 20.3 Å². The number of anilines is 1. The average molecular weight is 335 g/mol. The number of hydrogen-bond donors (Lipinski definition) is 2. The van der Waals surface area contributed by atoms with Gasteiger partial charge >= 0.3 is 0 Å². The van der Waals surface area contributed by atoms with E-state index in [0.29, 0.717) is 6.04 Å². The number of aliphatic hydroxyl groups excluding tert-OH is 1. The van der Waals surface area contributed by atoms with Crippen LogP contribution in [-0.4, -0.2) is 50.8 Å². The Morgan fingerprint density at radius 3 is 2.78 bits per heavy atom. The summed E-state index contributed by atoms with van der Waals surface area (Å²) in [5.74, 6) is -0.162. The van der Waals surface area contributed by atoms with Gasteiger partial charge in [0.25, 0.3) is 0 Å². The second-order valence-corrected chi connectivity index (χ2v) is 7.48. The summed E-state index contributed by atoms with van der Waals surface area (Å²) >= 11 is 1.58. The molecule has 1 amide bonds. The Morgan fingerprint density at radius 2 is 2.13 bits per heavy atom. The first-order valence-electron chi connectivity index (χ1n) is 8.16. The van der Waals surface area contributed by atoms with Crippen LogP contribution in [0.4, 0.5) is 5.13 Å². The first-order valence-corrected chi connectivity index (χ1v) is 8.98. The second kappa shape index (κ2) is 5.76. The van der Waals surface area contributed by atoms with Crippen LogP contribution >= 0.6 is 11.3 Å². The molecule has 1 aliphatic carbocycles. The smallest absolute Gasteiger partial charge is 0.249 e. The van der Waals surface area contributed by atoms with Crippen LogP contribution in [0.15, 0.2) is 6.20 Å². The van der Waals surface area contributed by atoms with E-state index in [1.807, 2.05) is 17.6 Å². The van der Waals surface area contributed by atoms with Crippen LogP contribution in [0.3, 0.4) is 0 Å². The van der Waals surface area contributed by atoms with Crippen molar-refractivity contribution in [3.63, 3.8) is 0 Å². The number of piperidine rings is 1. The van der Waals surface area contributed by atoms with Gasteiger partial charge in [-0.25, -0.2) is 9.50 Å². The number of carbonyl (C=O) groups excluding carboxylic acids is 1. The minimum Gasteiger partial charge on any atom is -0.383 e. The van der Waals surface area contributed by atoms with Crippen molar-refractivity contribution in [2.45, 2.75) is 44.8 Å². The highest BCUT2D eigenvalue weighted by molar-refractivity contribution is 7.20. The minimum atomic E-state index is -0.881. The molecule has 2 aliphatic rings. The van der Waals surface area contributed by atoms with Gasteiger partial charge in [-0.05, 0) is 38.5 Å². The van der Waals surface area contributed by atoms with Gasteiger partial charge in [-0.2, -0.15) is 0 Å². The maximum Gasteiger partial charge on any atom is 0.249 e. The maximum atomic E-state index is 12.0. The normalized spacial score (nSPS) is 20.9. The van der Waals surface area contributed by atoms with Gasteiger partial charge in [-0.1, -0.05) is 11.3 Å². The van der Waals surface area contributed by atoms with Crippen LogP contribution in [0.1, 0.15) is 31.4 Å². The fraction of sp³-hybridized carbons (Fsp3) is 0.667. The zero-order valence-corrected chi connectivity index (χ0v) is 13.9. The van der Waals surface area contributed by atoms with Gasteiger partial charge in [0.1, 0.15) is 6.10 Å². The average Bonchev–Trinajstić information content (AvgIpc) is 3.16. The molecule has 1 saturated carbocycles. The Morgan fingerprint density at radius 1 is 1.39 bits per heavy atom. The minimum absolute atomic E-state index is 0.0382. The lowest BCUT2D eigenvalue weighted by Crippen LogP contribution is -2.45.